The Labute approximate surface area is 173 Å². The minimum Gasteiger partial charge on any atom is -0.368 e. The molecule has 4 aromatic rings. The molecule has 0 fully saturated rings. The van der Waals surface area contributed by atoms with E-state index in [4.69, 9.17) is 4.52 Å². The summed E-state index contributed by atoms with van der Waals surface area (Å²) in [4.78, 5) is 20.8. The summed E-state index contributed by atoms with van der Waals surface area (Å²) >= 11 is 0. The zero-order valence-electron chi connectivity index (χ0n) is 16.7. The highest BCUT2D eigenvalue weighted by atomic mass is 16.5. The minimum absolute atomic E-state index is 0.239. The average Bonchev–Trinajstić information content (AvgIpc) is 3.38. The number of hydrogen-bond donors (Lipinski definition) is 2. The molecule has 3 heterocycles. The Morgan fingerprint density at radius 2 is 1.90 bits per heavy atom. The molecule has 1 amide bonds. The first-order chi connectivity index (χ1) is 14.6. The Morgan fingerprint density at radius 3 is 2.67 bits per heavy atom. The normalized spacial score (nSPS) is 10.7. The Morgan fingerprint density at radius 1 is 1.07 bits per heavy atom. The van der Waals surface area contributed by atoms with Crippen molar-refractivity contribution >= 4 is 11.7 Å². The van der Waals surface area contributed by atoms with Crippen molar-refractivity contribution in [3.63, 3.8) is 0 Å². The first-order valence-electron chi connectivity index (χ1n) is 9.50. The van der Waals surface area contributed by atoms with Crippen LogP contribution in [0.2, 0.25) is 0 Å². The molecule has 0 spiro atoms. The number of hydrogen-bond acceptors (Lipinski definition) is 7. The lowest BCUT2D eigenvalue weighted by Gasteiger charge is -2.08. The lowest BCUT2D eigenvalue weighted by Crippen LogP contribution is -2.29. The first-order valence-corrected chi connectivity index (χ1v) is 9.50. The zero-order valence-corrected chi connectivity index (χ0v) is 16.7. The van der Waals surface area contributed by atoms with E-state index < -0.39 is 0 Å². The van der Waals surface area contributed by atoms with Gasteiger partial charge in [-0.15, -0.1) is 0 Å². The molecule has 0 aliphatic carbocycles. The zero-order chi connectivity index (χ0) is 20.9. The summed E-state index contributed by atoms with van der Waals surface area (Å²) in [6.45, 7) is 4.79. The summed E-state index contributed by atoms with van der Waals surface area (Å²) in [7, 11) is 0. The van der Waals surface area contributed by atoms with Crippen LogP contribution in [0.25, 0.3) is 17.1 Å². The maximum absolute atomic E-state index is 12.3. The topological polar surface area (TPSA) is 111 Å². The van der Waals surface area contributed by atoms with Crippen LogP contribution in [-0.4, -0.2) is 43.9 Å². The van der Waals surface area contributed by atoms with E-state index in [9.17, 15) is 4.79 Å². The number of carbonyl (C=O) groups is 1. The molecular weight excluding hydrogens is 382 g/mol. The predicted octanol–water partition coefficient (Wildman–Crippen LogP) is 2.78. The monoisotopic (exact) mass is 403 g/mol. The van der Waals surface area contributed by atoms with Crippen LogP contribution in [-0.2, 0) is 0 Å². The van der Waals surface area contributed by atoms with Gasteiger partial charge in [-0.3, -0.25) is 4.79 Å². The van der Waals surface area contributed by atoms with Gasteiger partial charge in [0, 0.05) is 36.5 Å². The molecule has 0 saturated carbocycles. The van der Waals surface area contributed by atoms with Crippen LogP contribution in [0.3, 0.4) is 0 Å². The van der Waals surface area contributed by atoms with E-state index >= 15 is 0 Å². The molecule has 0 aliphatic rings. The van der Waals surface area contributed by atoms with Crippen molar-refractivity contribution in [1.82, 2.24) is 30.2 Å². The number of aromatic nitrogens is 5. The summed E-state index contributed by atoms with van der Waals surface area (Å²) in [5, 5.41) is 14.2. The van der Waals surface area contributed by atoms with Crippen molar-refractivity contribution in [3.05, 3.63) is 71.9 Å². The summed E-state index contributed by atoms with van der Waals surface area (Å²) in [5.41, 5.74) is 3.02. The molecule has 0 bridgehead atoms. The molecule has 152 valence electrons. The Hall–Kier alpha value is -4.01. The smallest absolute Gasteiger partial charge is 0.273 e. The first kappa shape index (κ1) is 19.3. The summed E-state index contributed by atoms with van der Waals surface area (Å²) in [5.74, 6) is 1.58. The van der Waals surface area contributed by atoms with E-state index in [1.807, 2.05) is 56.3 Å². The van der Waals surface area contributed by atoms with Crippen molar-refractivity contribution < 1.29 is 9.32 Å². The van der Waals surface area contributed by atoms with Gasteiger partial charge in [0.15, 0.2) is 17.3 Å². The number of amides is 1. The molecular formula is C21H21N7O2. The highest BCUT2D eigenvalue weighted by Gasteiger charge is 2.13. The summed E-state index contributed by atoms with van der Waals surface area (Å²) in [6.07, 6.45) is 1.48. The molecule has 0 saturated heterocycles. The van der Waals surface area contributed by atoms with Crippen molar-refractivity contribution in [3.8, 4) is 17.1 Å². The molecule has 0 radical (unpaired) electrons. The minimum atomic E-state index is -0.297. The Kier molecular flexibility index (Phi) is 5.51. The van der Waals surface area contributed by atoms with Crippen molar-refractivity contribution in [2.24, 2.45) is 0 Å². The van der Waals surface area contributed by atoms with E-state index in [1.165, 1.54) is 6.33 Å². The average molecular weight is 403 g/mol. The van der Waals surface area contributed by atoms with Gasteiger partial charge in [0.2, 0.25) is 0 Å². The van der Waals surface area contributed by atoms with Gasteiger partial charge in [-0.25, -0.2) is 14.6 Å². The fourth-order valence-electron chi connectivity index (χ4n) is 3.00. The van der Waals surface area contributed by atoms with E-state index in [-0.39, 0.29) is 11.6 Å². The Balaban J connectivity index is 1.30. The number of aryl methyl sites for hydroxylation is 2. The molecule has 0 atom stereocenters. The van der Waals surface area contributed by atoms with Crippen LogP contribution in [0.4, 0.5) is 5.82 Å². The van der Waals surface area contributed by atoms with Gasteiger partial charge in [-0.05, 0) is 19.9 Å². The third kappa shape index (κ3) is 4.35. The highest BCUT2D eigenvalue weighted by Crippen LogP contribution is 2.19. The van der Waals surface area contributed by atoms with E-state index in [2.05, 4.69) is 30.9 Å². The fourth-order valence-corrected chi connectivity index (χ4v) is 3.00. The largest absolute Gasteiger partial charge is 0.368 e. The van der Waals surface area contributed by atoms with E-state index in [0.29, 0.717) is 30.5 Å². The van der Waals surface area contributed by atoms with Crippen LogP contribution in [0.15, 0.2) is 59.4 Å². The van der Waals surface area contributed by atoms with Crippen molar-refractivity contribution in [2.45, 2.75) is 13.8 Å². The van der Waals surface area contributed by atoms with Crippen molar-refractivity contribution in [1.29, 1.82) is 0 Å². The van der Waals surface area contributed by atoms with Gasteiger partial charge in [0.05, 0.1) is 5.69 Å². The predicted molar refractivity (Wildman–Crippen MR) is 111 cm³/mol. The van der Waals surface area contributed by atoms with Gasteiger partial charge in [-0.1, -0.05) is 35.5 Å². The molecule has 0 unspecified atom stereocenters. The quantitative estimate of drug-likeness (QED) is 0.457. The van der Waals surface area contributed by atoms with E-state index in [0.717, 1.165) is 17.0 Å². The number of carbonyl (C=O) groups excluding carboxylic acids is 1. The molecule has 4 rings (SSSR count). The number of nitrogens with one attached hydrogen (secondary N) is 2. The highest BCUT2D eigenvalue weighted by molar-refractivity contribution is 5.93. The van der Waals surface area contributed by atoms with Crippen LogP contribution in [0.5, 0.6) is 0 Å². The second-order valence-electron chi connectivity index (χ2n) is 6.73. The van der Waals surface area contributed by atoms with Gasteiger partial charge in [0.1, 0.15) is 12.1 Å². The van der Waals surface area contributed by atoms with Crippen LogP contribution in [0.1, 0.15) is 21.9 Å². The lowest BCUT2D eigenvalue weighted by atomic mass is 10.1. The number of nitrogens with zero attached hydrogens (tertiary/aromatic N) is 5. The number of anilines is 1. The van der Waals surface area contributed by atoms with Crippen LogP contribution < -0.4 is 10.6 Å². The summed E-state index contributed by atoms with van der Waals surface area (Å²) < 4.78 is 7.03. The number of rotatable bonds is 7. The molecule has 0 aliphatic heterocycles. The third-order valence-corrected chi connectivity index (χ3v) is 4.40. The SMILES string of the molecule is Cc1cc(C)n(-c2cc(NCCNC(=O)c3cc(-c4ccccc4)on3)ncn2)n1. The second kappa shape index (κ2) is 8.56. The number of benzene rings is 1. The van der Waals surface area contributed by atoms with Crippen LogP contribution >= 0.6 is 0 Å². The summed E-state index contributed by atoms with van der Waals surface area (Å²) in [6, 6.07) is 14.9. The maximum atomic E-state index is 12.3. The molecule has 30 heavy (non-hydrogen) atoms. The van der Waals surface area contributed by atoms with Gasteiger partial charge in [0.25, 0.3) is 5.91 Å². The van der Waals surface area contributed by atoms with Gasteiger partial charge in [-0.2, -0.15) is 5.10 Å². The Bertz CT molecular complexity index is 1150. The second-order valence-corrected chi connectivity index (χ2v) is 6.73. The van der Waals surface area contributed by atoms with E-state index in [1.54, 1.807) is 10.7 Å². The van der Waals surface area contributed by atoms with Gasteiger partial charge < -0.3 is 15.2 Å². The lowest BCUT2D eigenvalue weighted by molar-refractivity contribution is 0.0946. The maximum Gasteiger partial charge on any atom is 0.273 e. The van der Waals surface area contributed by atoms with Gasteiger partial charge >= 0.3 is 0 Å². The molecule has 9 heteroatoms. The standard InChI is InChI=1S/C21H21N7O2/c1-14-10-15(2)28(26-14)20-12-19(24-13-25-20)22-8-9-23-21(29)17-11-18(30-27-17)16-6-4-3-5-7-16/h3-7,10-13H,8-9H2,1-2H3,(H,23,29)(H,22,24,25). The fraction of sp³-hybridized carbons (Fsp3) is 0.190. The molecule has 9 nitrogen and oxygen atoms in total. The van der Waals surface area contributed by atoms with Crippen molar-refractivity contribution in [2.75, 3.05) is 18.4 Å². The van der Waals surface area contributed by atoms with Crippen LogP contribution in [0, 0.1) is 13.8 Å². The molecule has 2 N–H and O–H groups in total. The molecule has 1 aromatic carbocycles. The third-order valence-electron chi connectivity index (χ3n) is 4.40. The molecule has 3 aromatic heterocycles.